The van der Waals surface area contributed by atoms with Gasteiger partial charge in [0.25, 0.3) is 0 Å². The molecule has 0 saturated heterocycles. The first kappa shape index (κ1) is 13.4. The quantitative estimate of drug-likeness (QED) is 0.840. The van der Waals surface area contributed by atoms with Crippen LogP contribution in [-0.4, -0.2) is 24.1 Å². The molecule has 0 radical (unpaired) electrons. The van der Waals surface area contributed by atoms with E-state index in [1.807, 2.05) is 25.1 Å². The zero-order valence-corrected chi connectivity index (χ0v) is 11.0. The van der Waals surface area contributed by atoms with Gasteiger partial charge in [0.1, 0.15) is 5.75 Å². The number of carbonyl (C=O) groups is 2. The van der Waals surface area contributed by atoms with Gasteiger partial charge in [-0.2, -0.15) is 0 Å². The number of nitrogens with one attached hydrogen (secondary N) is 1. The number of ether oxygens (including phenoxy) is 1. The van der Waals surface area contributed by atoms with Gasteiger partial charge in [-0.15, -0.1) is 0 Å². The molecule has 1 fully saturated rings. The lowest BCUT2D eigenvalue weighted by molar-refractivity contribution is -0.140. The van der Waals surface area contributed by atoms with Gasteiger partial charge in [-0.3, -0.25) is 9.59 Å². The Morgan fingerprint density at radius 2 is 2.16 bits per heavy atom. The summed E-state index contributed by atoms with van der Waals surface area (Å²) < 4.78 is 5.16. The number of methoxy groups -OCH3 is 1. The molecule has 0 aliphatic heterocycles. The third kappa shape index (κ3) is 3.05. The molecule has 0 bridgehead atoms. The summed E-state index contributed by atoms with van der Waals surface area (Å²) in [4.78, 5) is 22.4. The number of hydrogen-bond acceptors (Lipinski definition) is 3. The number of aryl methyl sites for hydroxylation is 1. The molecule has 5 heteroatoms. The number of rotatable bonds is 5. The van der Waals surface area contributed by atoms with Crippen molar-refractivity contribution in [1.82, 2.24) is 5.32 Å². The van der Waals surface area contributed by atoms with Crippen molar-refractivity contribution >= 4 is 11.9 Å². The highest BCUT2D eigenvalue weighted by Gasteiger charge is 2.48. The summed E-state index contributed by atoms with van der Waals surface area (Å²) in [7, 11) is 1.61. The Bertz CT molecular complexity index is 512. The molecule has 0 unspecified atom stereocenters. The predicted molar refractivity (Wildman–Crippen MR) is 68.8 cm³/mol. The van der Waals surface area contributed by atoms with Crippen LogP contribution in [0.3, 0.4) is 0 Å². The maximum absolute atomic E-state index is 11.7. The molecule has 2 atom stereocenters. The molecule has 1 aromatic rings. The van der Waals surface area contributed by atoms with E-state index in [2.05, 4.69) is 5.32 Å². The van der Waals surface area contributed by atoms with E-state index in [4.69, 9.17) is 9.84 Å². The first-order valence-corrected chi connectivity index (χ1v) is 6.17. The number of benzene rings is 1. The Labute approximate surface area is 111 Å². The van der Waals surface area contributed by atoms with E-state index in [0.29, 0.717) is 13.0 Å². The van der Waals surface area contributed by atoms with Crippen molar-refractivity contribution in [3.05, 3.63) is 29.3 Å². The third-order valence-electron chi connectivity index (χ3n) is 3.37. The van der Waals surface area contributed by atoms with E-state index in [0.717, 1.165) is 16.9 Å². The van der Waals surface area contributed by atoms with Gasteiger partial charge < -0.3 is 15.2 Å². The second kappa shape index (κ2) is 5.30. The molecule has 2 rings (SSSR count). The lowest BCUT2D eigenvalue weighted by Gasteiger charge is -2.08. The fourth-order valence-electron chi connectivity index (χ4n) is 2.13. The Balaban J connectivity index is 1.87. The fourth-order valence-corrected chi connectivity index (χ4v) is 2.13. The Morgan fingerprint density at radius 3 is 2.68 bits per heavy atom. The average Bonchev–Trinajstić information content (AvgIpc) is 3.16. The summed E-state index contributed by atoms with van der Waals surface area (Å²) >= 11 is 0. The van der Waals surface area contributed by atoms with Crippen LogP contribution in [0.2, 0.25) is 0 Å². The monoisotopic (exact) mass is 263 g/mol. The van der Waals surface area contributed by atoms with Crippen LogP contribution in [0.5, 0.6) is 5.75 Å². The molecular weight excluding hydrogens is 246 g/mol. The third-order valence-corrected chi connectivity index (χ3v) is 3.37. The molecule has 1 aliphatic carbocycles. The summed E-state index contributed by atoms with van der Waals surface area (Å²) in [6, 6.07) is 5.68. The van der Waals surface area contributed by atoms with Gasteiger partial charge in [0.15, 0.2) is 0 Å². The minimum absolute atomic E-state index is 0.180. The number of carboxylic acid groups (broad SMARTS) is 1. The van der Waals surface area contributed by atoms with Crippen LogP contribution in [0.15, 0.2) is 18.2 Å². The van der Waals surface area contributed by atoms with Crippen molar-refractivity contribution in [2.45, 2.75) is 19.9 Å². The van der Waals surface area contributed by atoms with Gasteiger partial charge >= 0.3 is 5.97 Å². The molecule has 0 heterocycles. The molecule has 1 saturated carbocycles. The van der Waals surface area contributed by atoms with Crippen LogP contribution in [0, 0.1) is 18.8 Å². The summed E-state index contributed by atoms with van der Waals surface area (Å²) in [5.74, 6) is -1.13. The summed E-state index contributed by atoms with van der Waals surface area (Å²) in [5, 5.41) is 11.5. The van der Waals surface area contributed by atoms with Crippen molar-refractivity contribution in [2.75, 3.05) is 7.11 Å². The van der Waals surface area contributed by atoms with E-state index in [1.54, 1.807) is 7.11 Å². The zero-order chi connectivity index (χ0) is 14.0. The maximum atomic E-state index is 11.7. The van der Waals surface area contributed by atoms with E-state index in [9.17, 15) is 9.59 Å². The highest BCUT2D eigenvalue weighted by molar-refractivity contribution is 5.89. The van der Waals surface area contributed by atoms with Crippen LogP contribution in [0.1, 0.15) is 17.5 Å². The van der Waals surface area contributed by atoms with Crippen molar-refractivity contribution in [3.63, 3.8) is 0 Å². The van der Waals surface area contributed by atoms with Gasteiger partial charge in [-0.05, 0) is 30.5 Å². The summed E-state index contributed by atoms with van der Waals surface area (Å²) in [5.41, 5.74) is 1.98. The molecule has 1 aliphatic rings. The molecule has 2 N–H and O–H groups in total. The highest BCUT2D eigenvalue weighted by Crippen LogP contribution is 2.38. The maximum Gasteiger partial charge on any atom is 0.307 e. The second-order valence-electron chi connectivity index (χ2n) is 4.81. The average molecular weight is 263 g/mol. The molecule has 1 aromatic carbocycles. The van der Waals surface area contributed by atoms with Gasteiger partial charge in [-0.1, -0.05) is 12.1 Å². The van der Waals surface area contributed by atoms with Crippen LogP contribution < -0.4 is 10.1 Å². The lowest BCUT2D eigenvalue weighted by atomic mass is 10.1. The van der Waals surface area contributed by atoms with Gasteiger partial charge in [0, 0.05) is 6.54 Å². The zero-order valence-electron chi connectivity index (χ0n) is 11.0. The Kier molecular flexibility index (Phi) is 3.74. The van der Waals surface area contributed by atoms with E-state index < -0.39 is 11.9 Å². The first-order chi connectivity index (χ1) is 9.02. The minimum atomic E-state index is -0.888. The van der Waals surface area contributed by atoms with Gasteiger partial charge in [-0.25, -0.2) is 0 Å². The van der Waals surface area contributed by atoms with Gasteiger partial charge in [0.2, 0.25) is 5.91 Å². The standard InChI is InChI=1S/C14H17NO4/c1-8-5-9(3-4-12(8)19-2)7-15-13(16)10-6-11(10)14(17)18/h3-5,10-11H,6-7H2,1-2H3,(H,15,16)(H,17,18)/t10-,11+/m0/s1. The Hall–Kier alpha value is -2.04. The molecular formula is C14H17NO4. The number of amides is 1. The van der Waals surface area contributed by atoms with Crippen LogP contribution >= 0.6 is 0 Å². The minimum Gasteiger partial charge on any atom is -0.496 e. The van der Waals surface area contributed by atoms with E-state index in [-0.39, 0.29) is 11.8 Å². The number of carbonyl (C=O) groups excluding carboxylic acids is 1. The normalized spacial score (nSPS) is 20.7. The Morgan fingerprint density at radius 1 is 1.42 bits per heavy atom. The highest BCUT2D eigenvalue weighted by atomic mass is 16.5. The topological polar surface area (TPSA) is 75.6 Å². The van der Waals surface area contributed by atoms with Crippen LogP contribution in [-0.2, 0) is 16.1 Å². The SMILES string of the molecule is COc1ccc(CNC(=O)[C@H]2C[C@H]2C(=O)O)cc1C. The fraction of sp³-hybridized carbons (Fsp3) is 0.429. The molecule has 1 amide bonds. The van der Waals surface area contributed by atoms with Crippen molar-refractivity contribution in [1.29, 1.82) is 0 Å². The predicted octanol–water partition coefficient (Wildman–Crippen LogP) is 1.34. The van der Waals surface area contributed by atoms with Crippen molar-refractivity contribution < 1.29 is 19.4 Å². The molecule has 19 heavy (non-hydrogen) atoms. The molecule has 102 valence electrons. The first-order valence-electron chi connectivity index (χ1n) is 6.17. The van der Waals surface area contributed by atoms with Crippen LogP contribution in [0.25, 0.3) is 0 Å². The summed E-state index contributed by atoms with van der Waals surface area (Å²) in [6.07, 6.45) is 0.447. The van der Waals surface area contributed by atoms with E-state index in [1.165, 1.54) is 0 Å². The smallest absolute Gasteiger partial charge is 0.307 e. The largest absolute Gasteiger partial charge is 0.496 e. The molecule has 0 spiro atoms. The van der Waals surface area contributed by atoms with E-state index >= 15 is 0 Å². The number of hydrogen-bond donors (Lipinski definition) is 2. The lowest BCUT2D eigenvalue weighted by Crippen LogP contribution is -2.25. The molecule has 0 aromatic heterocycles. The molecule has 5 nitrogen and oxygen atoms in total. The number of carboxylic acids is 1. The van der Waals surface area contributed by atoms with Crippen molar-refractivity contribution in [2.24, 2.45) is 11.8 Å². The van der Waals surface area contributed by atoms with Gasteiger partial charge in [0.05, 0.1) is 18.9 Å². The number of aliphatic carboxylic acids is 1. The summed E-state index contributed by atoms with van der Waals surface area (Å²) in [6.45, 7) is 2.35. The van der Waals surface area contributed by atoms with Crippen molar-refractivity contribution in [3.8, 4) is 5.75 Å². The van der Waals surface area contributed by atoms with Crippen LogP contribution in [0.4, 0.5) is 0 Å². The second-order valence-corrected chi connectivity index (χ2v) is 4.81.